The van der Waals surface area contributed by atoms with Crippen LogP contribution >= 0.6 is 22.7 Å². The highest BCUT2D eigenvalue weighted by Gasteiger charge is 2.12. The number of aromatic nitrogens is 3. The number of H-pyrrole nitrogens is 1. The number of nitrogens with one attached hydrogen (secondary N) is 2. The first-order valence-electron chi connectivity index (χ1n) is 7.61. The van der Waals surface area contributed by atoms with Gasteiger partial charge in [-0.1, -0.05) is 0 Å². The van der Waals surface area contributed by atoms with E-state index in [1.54, 1.807) is 17.5 Å². The Kier molecular flexibility index (Phi) is 4.77. The lowest BCUT2D eigenvalue weighted by atomic mass is 10.2. The third kappa shape index (κ3) is 3.54. The molecule has 1 amide bonds. The minimum Gasteiger partial charge on any atom is -0.351 e. The van der Waals surface area contributed by atoms with Gasteiger partial charge in [0.1, 0.15) is 10.7 Å². The quantitative estimate of drug-likeness (QED) is 0.730. The van der Waals surface area contributed by atoms with Crippen LogP contribution in [0.15, 0.2) is 11.0 Å². The number of hydrogen-bond acceptors (Lipinski definition) is 6. The highest BCUT2D eigenvalue weighted by molar-refractivity contribution is 7.18. The molecular weight excluding hydrogens is 344 g/mol. The molecule has 0 radical (unpaired) electrons. The fourth-order valence-electron chi connectivity index (χ4n) is 2.41. The van der Waals surface area contributed by atoms with Crippen molar-refractivity contribution in [3.8, 4) is 0 Å². The second kappa shape index (κ2) is 6.82. The van der Waals surface area contributed by atoms with Gasteiger partial charge in [-0.05, 0) is 26.3 Å². The van der Waals surface area contributed by atoms with E-state index in [1.807, 2.05) is 20.8 Å². The first kappa shape index (κ1) is 16.8. The van der Waals surface area contributed by atoms with Crippen molar-refractivity contribution in [3.63, 3.8) is 0 Å². The summed E-state index contributed by atoms with van der Waals surface area (Å²) >= 11 is 3.08. The number of nitrogens with zero attached hydrogens (tertiary/aromatic N) is 2. The molecule has 0 aliphatic heterocycles. The Balaban J connectivity index is 1.63. The second-order valence-corrected chi connectivity index (χ2v) is 8.12. The number of thiophene rings is 1. The van der Waals surface area contributed by atoms with Crippen molar-refractivity contribution in [2.45, 2.75) is 40.2 Å². The van der Waals surface area contributed by atoms with E-state index in [9.17, 15) is 9.59 Å². The standard InChI is InChI=1S/C16H18N4O2S2/c1-8-9(2)23-16-14(8)15(22)19-12(20-16)4-5-13(21)18-7-11-6-17-10(3)24-11/h6H,4-5,7H2,1-3H3,(H,18,21)(H,19,20,22). The monoisotopic (exact) mass is 362 g/mol. The maximum absolute atomic E-state index is 12.2. The summed E-state index contributed by atoms with van der Waals surface area (Å²) in [6.45, 7) is 6.33. The number of aromatic amines is 1. The number of fused-ring (bicyclic) bond motifs is 1. The third-order valence-corrected chi connectivity index (χ3v) is 5.82. The summed E-state index contributed by atoms with van der Waals surface area (Å²) in [6.07, 6.45) is 2.47. The summed E-state index contributed by atoms with van der Waals surface area (Å²) in [5.41, 5.74) is 0.852. The molecule has 0 spiro atoms. The average molecular weight is 362 g/mol. The van der Waals surface area contributed by atoms with Crippen LogP contribution in [0.5, 0.6) is 0 Å². The first-order chi connectivity index (χ1) is 11.4. The van der Waals surface area contributed by atoms with Crippen LogP contribution in [0.2, 0.25) is 0 Å². The van der Waals surface area contributed by atoms with Crippen molar-refractivity contribution in [1.29, 1.82) is 0 Å². The highest BCUT2D eigenvalue weighted by atomic mass is 32.1. The zero-order valence-corrected chi connectivity index (χ0v) is 15.4. The molecule has 3 heterocycles. The molecule has 0 atom stereocenters. The number of carbonyl (C=O) groups excluding carboxylic acids is 1. The number of aryl methyl sites for hydroxylation is 4. The topological polar surface area (TPSA) is 87.7 Å². The van der Waals surface area contributed by atoms with Gasteiger partial charge in [-0.2, -0.15) is 0 Å². The minimum absolute atomic E-state index is 0.0673. The van der Waals surface area contributed by atoms with E-state index < -0.39 is 0 Å². The number of carbonyl (C=O) groups is 1. The number of thiazole rings is 1. The van der Waals surface area contributed by atoms with E-state index in [4.69, 9.17) is 0 Å². The average Bonchev–Trinajstić information content (AvgIpc) is 3.07. The fourth-order valence-corrected chi connectivity index (χ4v) is 4.19. The molecular formula is C16H18N4O2S2. The summed E-state index contributed by atoms with van der Waals surface area (Å²) in [6, 6.07) is 0. The maximum atomic E-state index is 12.2. The Hall–Kier alpha value is -2.06. The predicted molar refractivity (Wildman–Crippen MR) is 96.7 cm³/mol. The number of hydrogen-bond donors (Lipinski definition) is 2. The van der Waals surface area contributed by atoms with Crippen molar-refractivity contribution < 1.29 is 4.79 Å². The van der Waals surface area contributed by atoms with Crippen LogP contribution in [0.1, 0.15) is 32.6 Å². The summed E-state index contributed by atoms with van der Waals surface area (Å²) in [5, 5.41) is 4.50. The van der Waals surface area contributed by atoms with Gasteiger partial charge in [-0.25, -0.2) is 9.97 Å². The first-order valence-corrected chi connectivity index (χ1v) is 9.24. The molecule has 0 aliphatic rings. The predicted octanol–water partition coefficient (Wildman–Crippen LogP) is 2.62. The normalized spacial score (nSPS) is 11.1. The van der Waals surface area contributed by atoms with Crippen LogP contribution in [0.25, 0.3) is 10.2 Å². The molecule has 0 aliphatic carbocycles. The van der Waals surface area contributed by atoms with Gasteiger partial charge in [0, 0.05) is 28.8 Å². The minimum atomic E-state index is -0.127. The van der Waals surface area contributed by atoms with Gasteiger partial charge < -0.3 is 10.3 Å². The Morgan fingerprint density at radius 1 is 1.29 bits per heavy atom. The van der Waals surface area contributed by atoms with Gasteiger partial charge in [0.25, 0.3) is 5.56 Å². The number of amides is 1. The SMILES string of the molecule is Cc1ncc(CNC(=O)CCc2nc3sc(C)c(C)c3c(=O)[nH]2)s1. The molecule has 3 rings (SSSR count). The van der Waals surface area contributed by atoms with Gasteiger partial charge in [0.05, 0.1) is 16.9 Å². The van der Waals surface area contributed by atoms with Crippen LogP contribution < -0.4 is 10.9 Å². The smallest absolute Gasteiger partial charge is 0.259 e. The van der Waals surface area contributed by atoms with E-state index in [-0.39, 0.29) is 17.9 Å². The molecule has 6 nitrogen and oxygen atoms in total. The van der Waals surface area contributed by atoms with Crippen LogP contribution in [0.3, 0.4) is 0 Å². The largest absolute Gasteiger partial charge is 0.351 e. The van der Waals surface area contributed by atoms with E-state index in [1.165, 1.54) is 11.3 Å². The molecule has 0 fully saturated rings. The lowest BCUT2D eigenvalue weighted by molar-refractivity contribution is -0.121. The zero-order valence-electron chi connectivity index (χ0n) is 13.7. The Bertz CT molecular complexity index is 955. The molecule has 0 unspecified atom stereocenters. The van der Waals surface area contributed by atoms with E-state index in [0.717, 1.165) is 25.2 Å². The molecule has 0 saturated heterocycles. The van der Waals surface area contributed by atoms with Gasteiger partial charge in [0.15, 0.2) is 0 Å². The number of rotatable bonds is 5. The molecule has 3 aromatic rings. The van der Waals surface area contributed by atoms with Crippen LogP contribution in [-0.2, 0) is 17.8 Å². The summed E-state index contributed by atoms with van der Waals surface area (Å²) in [4.78, 5) is 38.4. The molecule has 24 heavy (non-hydrogen) atoms. The third-order valence-electron chi connectivity index (χ3n) is 3.81. The Labute approximate surface area is 147 Å². The Morgan fingerprint density at radius 2 is 2.08 bits per heavy atom. The van der Waals surface area contributed by atoms with Crippen molar-refractivity contribution in [2.75, 3.05) is 0 Å². The lowest BCUT2D eigenvalue weighted by Gasteiger charge is -2.03. The van der Waals surface area contributed by atoms with Gasteiger partial charge >= 0.3 is 0 Å². The summed E-state index contributed by atoms with van der Waals surface area (Å²) < 4.78 is 0. The summed E-state index contributed by atoms with van der Waals surface area (Å²) in [7, 11) is 0. The molecule has 126 valence electrons. The molecule has 0 saturated carbocycles. The highest BCUT2D eigenvalue weighted by Crippen LogP contribution is 2.25. The molecule has 8 heteroatoms. The second-order valence-electron chi connectivity index (χ2n) is 5.60. The van der Waals surface area contributed by atoms with Crippen molar-refractivity contribution in [2.24, 2.45) is 0 Å². The van der Waals surface area contributed by atoms with E-state index >= 15 is 0 Å². The molecule has 3 aromatic heterocycles. The van der Waals surface area contributed by atoms with Crippen LogP contribution in [0, 0.1) is 20.8 Å². The van der Waals surface area contributed by atoms with Gasteiger partial charge in [-0.3, -0.25) is 9.59 Å². The fraction of sp³-hybridized carbons (Fsp3) is 0.375. The summed E-state index contributed by atoms with van der Waals surface area (Å²) in [5.74, 6) is 0.486. The van der Waals surface area contributed by atoms with E-state index in [2.05, 4.69) is 20.3 Å². The van der Waals surface area contributed by atoms with Crippen molar-refractivity contribution in [1.82, 2.24) is 20.3 Å². The molecule has 2 N–H and O–H groups in total. The maximum Gasteiger partial charge on any atom is 0.259 e. The molecule has 0 bridgehead atoms. The zero-order chi connectivity index (χ0) is 17.3. The van der Waals surface area contributed by atoms with Crippen LogP contribution in [-0.4, -0.2) is 20.9 Å². The van der Waals surface area contributed by atoms with E-state index in [0.29, 0.717) is 24.2 Å². The van der Waals surface area contributed by atoms with Gasteiger partial charge in [-0.15, -0.1) is 22.7 Å². The van der Waals surface area contributed by atoms with Crippen molar-refractivity contribution >= 4 is 38.8 Å². The van der Waals surface area contributed by atoms with Crippen molar-refractivity contribution in [3.05, 3.63) is 42.7 Å². The van der Waals surface area contributed by atoms with Gasteiger partial charge in [0.2, 0.25) is 5.91 Å². The Morgan fingerprint density at radius 3 is 2.79 bits per heavy atom. The lowest BCUT2D eigenvalue weighted by Crippen LogP contribution is -2.23. The van der Waals surface area contributed by atoms with Crippen LogP contribution in [0.4, 0.5) is 0 Å². The molecule has 0 aromatic carbocycles.